The van der Waals surface area contributed by atoms with Gasteiger partial charge in [0, 0.05) is 17.2 Å². The SMILES string of the molecule is CCCCCC(C)NS(=O)(=O)c1cc(N=NC2C(=O)NC(=S)NC2=O)ccc1-c1ccc(N=NC2C(=O)NC(=S)NC2=O)cc1S(=O)O. The molecule has 2 aromatic rings. The Kier molecular flexibility index (Phi) is 12.0. The minimum absolute atomic E-state index is 0.00106. The van der Waals surface area contributed by atoms with Gasteiger partial charge in [0.25, 0.3) is 23.6 Å². The number of carbonyl (C=O) groups is 4. The van der Waals surface area contributed by atoms with Gasteiger partial charge in [-0.2, -0.15) is 20.5 Å². The average Bonchev–Trinajstić information content (AvgIpc) is 2.99. The molecule has 0 aliphatic carbocycles. The van der Waals surface area contributed by atoms with Crippen LogP contribution < -0.4 is 26.0 Å². The number of thiocarbonyl (C=S) groups is 2. The lowest BCUT2D eigenvalue weighted by atomic mass is 10.0. The van der Waals surface area contributed by atoms with E-state index in [1.165, 1.54) is 24.3 Å². The fourth-order valence-corrected chi connectivity index (χ4v) is 7.03. The Morgan fingerprint density at radius 3 is 1.79 bits per heavy atom. The molecule has 0 spiro atoms. The highest BCUT2D eigenvalue weighted by atomic mass is 32.2. The lowest BCUT2D eigenvalue weighted by Gasteiger charge is -2.19. The smallest absolute Gasteiger partial charge is 0.262 e. The molecule has 0 saturated carbocycles. The highest BCUT2D eigenvalue weighted by molar-refractivity contribution is 7.89. The van der Waals surface area contributed by atoms with Crippen LogP contribution in [0.25, 0.3) is 11.1 Å². The second-order valence-electron chi connectivity index (χ2n) is 10.5. The van der Waals surface area contributed by atoms with Gasteiger partial charge in [0.1, 0.15) is 0 Å². The van der Waals surface area contributed by atoms with Gasteiger partial charge in [-0.05, 0) is 62.0 Å². The average molecular weight is 736 g/mol. The standard InChI is InChI=1S/C27H29N9O8S4/c1-3-4-5-6-13(2)36-48(43,44)19-12-15(33-35-21-24(39)30-27(46)31-25(21)40)8-10-17(19)16-9-7-14(11-18(16)47(41)42)32-34-20-22(37)28-26(45)29-23(20)38/h7-13,20-21,36H,3-6H2,1-2H3,(H,41,42)(H2,28,29,37,38,45)(H2,30,31,39,40,46). The molecule has 4 amide bonds. The summed E-state index contributed by atoms with van der Waals surface area (Å²) in [6.07, 6.45) is 3.16. The van der Waals surface area contributed by atoms with Crippen molar-refractivity contribution in [3.05, 3.63) is 36.4 Å². The predicted octanol–water partition coefficient (Wildman–Crippen LogP) is 2.15. The van der Waals surface area contributed by atoms with Crippen molar-refractivity contribution in [3.8, 4) is 11.1 Å². The third-order valence-corrected chi connectivity index (χ3v) is 9.56. The van der Waals surface area contributed by atoms with E-state index in [0.717, 1.165) is 31.4 Å². The first kappa shape index (κ1) is 36.6. The van der Waals surface area contributed by atoms with Gasteiger partial charge in [0.2, 0.25) is 22.1 Å². The maximum absolute atomic E-state index is 13.8. The lowest BCUT2D eigenvalue weighted by Crippen LogP contribution is -2.57. The van der Waals surface area contributed by atoms with Crippen molar-refractivity contribution in [2.24, 2.45) is 20.5 Å². The first-order valence-electron chi connectivity index (χ1n) is 14.2. The topological polar surface area (TPSA) is 249 Å². The number of nitrogens with one attached hydrogen (secondary N) is 5. The van der Waals surface area contributed by atoms with Gasteiger partial charge in [0.15, 0.2) is 21.3 Å². The predicted molar refractivity (Wildman–Crippen MR) is 179 cm³/mol. The van der Waals surface area contributed by atoms with E-state index in [4.69, 9.17) is 24.4 Å². The van der Waals surface area contributed by atoms with Gasteiger partial charge in [-0.3, -0.25) is 19.2 Å². The van der Waals surface area contributed by atoms with E-state index in [-0.39, 0.29) is 42.5 Å². The molecule has 2 fully saturated rings. The van der Waals surface area contributed by atoms with Gasteiger partial charge in [-0.15, -0.1) is 0 Å². The number of nitrogens with zero attached hydrogens (tertiary/aromatic N) is 4. The molecule has 254 valence electrons. The Balaban J connectivity index is 1.75. The lowest BCUT2D eigenvalue weighted by molar-refractivity contribution is -0.132. The van der Waals surface area contributed by atoms with Gasteiger partial charge < -0.3 is 25.8 Å². The maximum atomic E-state index is 13.8. The Bertz CT molecular complexity index is 1840. The van der Waals surface area contributed by atoms with E-state index in [1.807, 2.05) is 6.92 Å². The van der Waals surface area contributed by atoms with Crippen LogP contribution in [0.2, 0.25) is 0 Å². The van der Waals surface area contributed by atoms with Crippen LogP contribution in [0.3, 0.4) is 0 Å². The molecular formula is C27H29N9O8S4. The van der Waals surface area contributed by atoms with Crippen LogP contribution in [0, 0.1) is 0 Å². The molecule has 2 aromatic carbocycles. The number of unbranched alkanes of at least 4 members (excludes halogenated alkanes) is 2. The van der Waals surface area contributed by atoms with Crippen LogP contribution >= 0.6 is 24.4 Å². The van der Waals surface area contributed by atoms with E-state index >= 15 is 0 Å². The Labute approximate surface area is 287 Å². The number of sulfonamides is 1. The summed E-state index contributed by atoms with van der Waals surface area (Å²) in [4.78, 5) is 48.1. The molecule has 48 heavy (non-hydrogen) atoms. The highest BCUT2D eigenvalue weighted by Crippen LogP contribution is 2.36. The molecule has 2 aliphatic rings. The number of carbonyl (C=O) groups excluding carboxylic acids is 4. The van der Waals surface area contributed by atoms with Crippen molar-refractivity contribution in [3.63, 3.8) is 0 Å². The van der Waals surface area contributed by atoms with Crippen LogP contribution in [0.1, 0.15) is 39.5 Å². The Morgan fingerprint density at radius 1 is 0.833 bits per heavy atom. The summed E-state index contributed by atoms with van der Waals surface area (Å²) in [5.74, 6) is -3.27. The Hall–Kier alpha value is -4.28. The largest absolute Gasteiger partial charge is 0.302 e. The number of azo groups is 2. The molecule has 0 radical (unpaired) electrons. The number of amides is 4. The van der Waals surface area contributed by atoms with Crippen molar-refractivity contribution in [1.29, 1.82) is 0 Å². The summed E-state index contributed by atoms with van der Waals surface area (Å²) in [6.45, 7) is 3.72. The van der Waals surface area contributed by atoms with Crippen LogP contribution in [0.4, 0.5) is 11.4 Å². The van der Waals surface area contributed by atoms with Crippen molar-refractivity contribution >= 4 is 90.8 Å². The molecule has 4 rings (SSSR count). The molecule has 0 aromatic heterocycles. The van der Waals surface area contributed by atoms with E-state index in [0.29, 0.717) is 6.42 Å². The van der Waals surface area contributed by atoms with Gasteiger partial charge in [-0.25, -0.2) is 17.3 Å². The quantitative estimate of drug-likeness (QED) is 0.0575. The Morgan fingerprint density at radius 2 is 1.31 bits per heavy atom. The maximum Gasteiger partial charge on any atom is 0.262 e. The van der Waals surface area contributed by atoms with Gasteiger partial charge in [0.05, 0.1) is 21.2 Å². The molecule has 2 aliphatic heterocycles. The minimum atomic E-state index is -4.31. The van der Waals surface area contributed by atoms with Crippen LogP contribution in [-0.4, -0.2) is 69.2 Å². The zero-order valence-electron chi connectivity index (χ0n) is 25.3. The third-order valence-electron chi connectivity index (χ3n) is 6.81. The molecular weight excluding hydrogens is 707 g/mol. The minimum Gasteiger partial charge on any atom is -0.302 e. The van der Waals surface area contributed by atoms with Gasteiger partial charge >= 0.3 is 0 Å². The molecule has 0 bridgehead atoms. The monoisotopic (exact) mass is 735 g/mol. The van der Waals surface area contributed by atoms with Crippen molar-refractivity contribution in [2.75, 3.05) is 0 Å². The second kappa shape index (κ2) is 15.7. The second-order valence-corrected chi connectivity index (χ2v) is 13.9. The summed E-state index contributed by atoms with van der Waals surface area (Å²) >= 11 is 6.84. The third kappa shape index (κ3) is 8.99. The normalized spacial score (nSPS) is 17.7. The molecule has 21 heteroatoms. The summed E-state index contributed by atoms with van der Waals surface area (Å²) < 4.78 is 52.9. The van der Waals surface area contributed by atoms with Crippen LogP contribution in [0.5, 0.6) is 0 Å². The van der Waals surface area contributed by atoms with E-state index in [2.05, 4.69) is 46.4 Å². The summed E-state index contributed by atoms with van der Waals surface area (Å²) in [5.41, 5.74) is -0.0467. The summed E-state index contributed by atoms with van der Waals surface area (Å²) in [5, 5.41) is 23.9. The number of rotatable bonds is 13. The van der Waals surface area contributed by atoms with Crippen molar-refractivity contribution < 1.29 is 36.4 Å². The summed E-state index contributed by atoms with van der Waals surface area (Å²) in [6, 6.07) is 4.00. The van der Waals surface area contributed by atoms with E-state index in [1.54, 1.807) is 6.92 Å². The van der Waals surface area contributed by atoms with Crippen molar-refractivity contribution in [2.45, 2.75) is 67.4 Å². The van der Waals surface area contributed by atoms with E-state index < -0.39 is 62.9 Å². The fraction of sp³-hybridized carbons (Fsp3) is 0.333. The molecule has 2 heterocycles. The molecule has 2 saturated heterocycles. The first-order valence-corrected chi connectivity index (χ1v) is 17.7. The number of hydrogen-bond donors (Lipinski definition) is 6. The van der Waals surface area contributed by atoms with Crippen LogP contribution in [-0.2, 0) is 40.3 Å². The highest BCUT2D eigenvalue weighted by Gasteiger charge is 2.34. The summed E-state index contributed by atoms with van der Waals surface area (Å²) in [7, 11) is -4.31. The number of hydrogen-bond acceptors (Lipinski definition) is 13. The van der Waals surface area contributed by atoms with Crippen molar-refractivity contribution in [1.82, 2.24) is 26.0 Å². The number of benzene rings is 2. The zero-order chi connectivity index (χ0) is 35.2. The van der Waals surface area contributed by atoms with Gasteiger partial charge in [-0.1, -0.05) is 38.3 Å². The fourth-order valence-electron chi connectivity index (χ4n) is 4.53. The van der Waals surface area contributed by atoms with Crippen LogP contribution in [0.15, 0.2) is 66.6 Å². The molecule has 17 nitrogen and oxygen atoms in total. The van der Waals surface area contributed by atoms with E-state index in [9.17, 15) is 36.4 Å². The molecule has 6 N–H and O–H groups in total. The molecule has 2 atom stereocenters. The zero-order valence-corrected chi connectivity index (χ0v) is 28.5. The first-order chi connectivity index (χ1) is 22.7. The molecule has 2 unspecified atom stereocenters.